The lowest BCUT2D eigenvalue weighted by Crippen LogP contribution is -2.53. The second-order valence-corrected chi connectivity index (χ2v) is 15.6. The third-order valence-corrected chi connectivity index (χ3v) is 11.1. The van der Waals surface area contributed by atoms with E-state index in [1.807, 2.05) is 43.1 Å². The van der Waals surface area contributed by atoms with Crippen LogP contribution in [0, 0.1) is 11.8 Å². The number of benzene rings is 2. The molecule has 2 aromatic carbocycles. The summed E-state index contributed by atoms with van der Waals surface area (Å²) in [6, 6.07) is 15.7. The predicted octanol–water partition coefficient (Wildman–Crippen LogP) is 6.01. The molecule has 4 aromatic rings. The van der Waals surface area contributed by atoms with Gasteiger partial charge in [-0.1, -0.05) is 76.2 Å². The number of amides is 2. The molecule has 14 nitrogen and oxygen atoms in total. The standard InChI is InChI=1S/C42H54N10O4/c1-26(2)36(46-25-56-55-6)40(53)51-20-7-9-34(51)38-44-23-32(47-38)30-15-11-28(12-16-30)29-13-17-31(18-14-29)33-24-45-39(48-33)35-10-8-21-52(35)41(54)37(27(3)4)49-42-43-19-22-50(42)5/h11-18,23-27,34-37H,7-10,19-22H2,1-6H3,(H,43,49)(H,44,47)(H,45,48)/b46-25+/t34-,35-,36-,37+/m0/s1. The van der Waals surface area contributed by atoms with Crippen molar-refractivity contribution in [1.29, 1.82) is 0 Å². The van der Waals surface area contributed by atoms with Crippen molar-refractivity contribution >= 4 is 24.2 Å². The normalized spacial score (nSPS) is 19.7. The lowest BCUT2D eigenvalue weighted by atomic mass is 10.0. The molecule has 296 valence electrons. The number of likely N-dealkylation sites (tertiary alicyclic amines) is 2. The smallest absolute Gasteiger partial charge is 0.248 e. The third-order valence-electron chi connectivity index (χ3n) is 11.1. The monoisotopic (exact) mass is 762 g/mol. The number of likely N-dealkylation sites (N-methyl/N-ethyl adjacent to an activating group) is 1. The zero-order chi connectivity index (χ0) is 39.3. The third kappa shape index (κ3) is 8.20. The molecule has 3 aliphatic rings. The van der Waals surface area contributed by atoms with Gasteiger partial charge >= 0.3 is 0 Å². The summed E-state index contributed by atoms with van der Waals surface area (Å²) in [7, 11) is 3.40. The Balaban J connectivity index is 0.993. The van der Waals surface area contributed by atoms with Gasteiger partial charge in [-0.2, -0.15) is 4.89 Å². The molecule has 0 radical (unpaired) electrons. The van der Waals surface area contributed by atoms with Crippen molar-refractivity contribution in [3.8, 4) is 33.6 Å². The van der Waals surface area contributed by atoms with Crippen LogP contribution in [-0.4, -0.2) is 111 Å². The summed E-state index contributed by atoms with van der Waals surface area (Å²) >= 11 is 0. The highest BCUT2D eigenvalue weighted by molar-refractivity contribution is 5.90. The molecule has 2 fully saturated rings. The van der Waals surface area contributed by atoms with Crippen molar-refractivity contribution in [1.82, 2.24) is 40.0 Å². The summed E-state index contributed by atoms with van der Waals surface area (Å²) in [6.45, 7) is 11.1. The van der Waals surface area contributed by atoms with Crippen LogP contribution in [0.3, 0.4) is 0 Å². The summed E-state index contributed by atoms with van der Waals surface area (Å²) in [5.74, 6) is 2.55. The molecule has 0 bridgehead atoms. The average molecular weight is 763 g/mol. The number of nitrogens with one attached hydrogen (secondary N) is 3. The average Bonchev–Trinajstić information content (AvgIpc) is 4.05. The Morgan fingerprint density at radius 3 is 1.77 bits per heavy atom. The van der Waals surface area contributed by atoms with Crippen molar-refractivity contribution in [2.24, 2.45) is 21.8 Å². The van der Waals surface area contributed by atoms with Crippen LogP contribution in [0.15, 0.2) is 70.9 Å². The van der Waals surface area contributed by atoms with E-state index in [0.717, 1.165) is 90.0 Å². The number of hydrogen-bond donors (Lipinski definition) is 3. The van der Waals surface area contributed by atoms with Gasteiger partial charge < -0.3 is 34.9 Å². The van der Waals surface area contributed by atoms with Crippen LogP contribution >= 0.6 is 0 Å². The van der Waals surface area contributed by atoms with Crippen molar-refractivity contribution in [2.45, 2.75) is 77.5 Å². The maximum Gasteiger partial charge on any atom is 0.248 e. The van der Waals surface area contributed by atoms with E-state index in [1.165, 1.54) is 13.5 Å². The van der Waals surface area contributed by atoms with Crippen molar-refractivity contribution in [2.75, 3.05) is 40.3 Å². The molecule has 2 saturated heterocycles. The van der Waals surface area contributed by atoms with E-state index >= 15 is 0 Å². The molecule has 0 aliphatic carbocycles. The number of aliphatic imine (C=N–C) groups is 2. The molecule has 0 spiro atoms. The van der Waals surface area contributed by atoms with E-state index in [4.69, 9.17) is 14.9 Å². The molecule has 0 saturated carbocycles. The van der Waals surface area contributed by atoms with Crippen LogP contribution in [0.2, 0.25) is 0 Å². The van der Waals surface area contributed by atoms with E-state index in [9.17, 15) is 9.59 Å². The zero-order valence-corrected chi connectivity index (χ0v) is 33.2. The number of carbonyl (C=O) groups is 2. The summed E-state index contributed by atoms with van der Waals surface area (Å²) in [5.41, 5.74) is 6.06. The van der Waals surface area contributed by atoms with Gasteiger partial charge in [0.1, 0.15) is 23.7 Å². The largest absolute Gasteiger partial charge is 0.344 e. The van der Waals surface area contributed by atoms with Gasteiger partial charge in [-0.05, 0) is 59.8 Å². The second-order valence-electron chi connectivity index (χ2n) is 15.6. The SMILES string of the molecule is COO/C=N/[C@H](C(=O)N1CCC[C@H]1c1ncc(-c2ccc(-c3ccc(-c4cnc([C@@H]5CCCN5C(=O)[C@H](NC5=NCCN5C)C(C)C)[nH]4)cc3)cc2)[nH]1)C(C)C. The van der Waals surface area contributed by atoms with Gasteiger partial charge in [-0.15, -0.1) is 0 Å². The number of aromatic nitrogens is 4. The molecule has 7 rings (SSSR count). The van der Waals surface area contributed by atoms with E-state index in [1.54, 1.807) is 0 Å². The number of carbonyl (C=O) groups excluding carboxylic acids is 2. The first-order valence-electron chi connectivity index (χ1n) is 19.8. The van der Waals surface area contributed by atoms with Gasteiger partial charge in [0.2, 0.25) is 18.2 Å². The fourth-order valence-corrected chi connectivity index (χ4v) is 7.96. The fraction of sp³-hybridized carbons (Fsp3) is 0.476. The van der Waals surface area contributed by atoms with Crippen LogP contribution in [0.5, 0.6) is 0 Å². The predicted molar refractivity (Wildman–Crippen MR) is 216 cm³/mol. The van der Waals surface area contributed by atoms with Crippen LogP contribution < -0.4 is 5.32 Å². The fourth-order valence-electron chi connectivity index (χ4n) is 7.96. The van der Waals surface area contributed by atoms with Crippen molar-refractivity contribution < 1.29 is 19.4 Å². The minimum Gasteiger partial charge on any atom is -0.344 e. The number of nitrogens with zero attached hydrogens (tertiary/aromatic N) is 7. The van der Waals surface area contributed by atoms with Crippen LogP contribution in [0.4, 0.5) is 0 Å². The van der Waals surface area contributed by atoms with Gasteiger partial charge in [-0.3, -0.25) is 14.6 Å². The van der Waals surface area contributed by atoms with Gasteiger partial charge in [0, 0.05) is 26.7 Å². The molecule has 56 heavy (non-hydrogen) atoms. The van der Waals surface area contributed by atoms with Crippen LogP contribution in [0.1, 0.15) is 77.1 Å². The lowest BCUT2D eigenvalue weighted by molar-refractivity contribution is -0.188. The highest BCUT2D eigenvalue weighted by atomic mass is 17.2. The number of aromatic amines is 2. The maximum atomic E-state index is 13.9. The Hall–Kier alpha value is -5.50. The topological polar surface area (TPSA) is 156 Å². The summed E-state index contributed by atoms with van der Waals surface area (Å²) in [4.78, 5) is 68.2. The van der Waals surface area contributed by atoms with Crippen LogP contribution in [0.25, 0.3) is 33.6 Å². The molecule has 3 N–H and O–H groups in total. The van der Waals surface area contributed by atoms with Crippen molar-refractivity contribution in [3.05, 3.63) is 72.6 Å². The van der Waals surface area contributed by atoms with E-state index in [0.29, 0.717) is 13.1 Å². The highest BCUT2D eigenvalue weighted by Crippen LogP contribution is 2.35. The number of imidazole rings is 2. The molecular formula is C42H54N10O4. The van der Waals surface area contributed by atoms with E-state index < -0.39 is 6.04 Å². The highest BCUT2D eigenvalue weighted by Gasteiger charge is 2.38. The Morgan fingerprint density at radius 1 is 0.786 bits per heavy atom. The molecular weight excluding hydrogens is 709 g/mol. The Morgan fingerprint density at radius 2 is 1.30 bits per heavy atom. The quantitative estimate of drug-likeness (QED) is 0.0648. The molecule has 2 amide bonds. The zero-order valence-electron chi connectivity index (χ0n) is 33.2. The Kier molecular flexibility index (Phi) is 11.8. The Bertz CT molecular complexity index is 2020. The number of guanidine groups is 1. The number of H-pyrrole nitrogens is 2. The molecule has 2 aromatic heterocycles. The molecule has 4 atom stereocenters. The second kappa shape index (κ2) is 17.1. The first kappa shape index (κ1) is 38.8. The van der Waals surface area contributed by atoms with Gasteiger partial charge in [0.15, 0.2) is 5.96 Å². The van der Waals surface area contributed by atoms with Gasteiger partial charge in [0.05, 0.1) is 49.5 Å². The summed E-state index contributed by atoms with van der Waals surface area (Å²) in [6.07, 6.45) is 8.45. The molecule has 5 heterocycles. The lowest BCUT2D eigenvalue weighted by Gasteiger charge is -2.31. The number of rotatable bonds is 13. The van der Waals surface area contributed by atoms with Gasteiger partial charge in [0.25, 0.3) is 0 Å². The molecule has 14 heteroatoms. The summed E-state index contributed by atoms with van der Waals surface area (Å²) < 4.78 is 0. The first-order valence-corrected chi connectivity index (χ1v) is 19.8. The van der Waals surface area contributed by atoms with E-state index in [-0.39, 0.29) is 41.8 Å². The number of hydrogen-bond acceptors (Lipinski definition) is 10. The van der Waals surface area contributed by atoms with Crippen LogP contribution in [-0.2, 0) is 19.4 Å². The Labute approximate surface area is 328 Å². The van der Waals surface area contributed by atoms with Crippen molar-refractivity contribution in [3.63, 3.8) is 0 Å². The minimum atomic E-state index is -0.565. The minimum absolute atomic E-state index is 0.00145. The van der Waals surface area contributed by atoms with Gasteiger partial charge in [-0.25, -0.2) is 15.0 Å². The maximum absolute atomic E-state index is 13.9. The van der Waals surface area contributed by atoms with E-state index in [2.05, 4.69) is 97.4 Å². The first-order chi connectivity index (χ1) is 27.1. The molecule has 0 unspecified atom stereocenters. The molecule has 3 aliphatic heterocycles. The summed E-state index contributed by atoms with van der Waals surface area (Å²) in [5, 5.41) is 3.43.